The summed E-state index contributed by atoms with van der Waals surface area (Å²) in [7, 11) is 0. The minimum Gasteiger partial charge on any atom is -0.478 e. The second-order valence-electron chi connectivity index (χ2n) is 3.09. The lowest BCUT2D eigenvalue weighted by Gasteiger charge is -2.03. The maximum atomic E-state index is 10.5. The molecule has 0 saturated carbocycles. The van der Waals surface area contributed by atoms with E-state index in [0.717, 1.165) is 0 Å². The summed E-state index contributed by atoms with van der Waals surface area (Å²) in [5, 5.41) is 20.4. The molecule has 0 aliphatic heterocycles. The van der Waals surface area contributed by atoms with Gasteiger partial charge in [-0.15, -0.1) is 0 Å². The molecule has 0 aliphatic rings. The zero-order valence-electron chi connectivity index (χ0n) is 7.86. The van der Waals surface area contributed by atoms with E-state index in [4.69, 9.17) is 14.6 Å². The van der Waals surface area contributed by atoms with Gasteiger partial charge in [0.15, 0.2) is 0 Å². The van der Waals surface area contributed by atoms with Gasteiger partial charge in [0.2, 0.25) is 0 Å². The monoisotopic (exact) mass is 199 g/mol. The van der Waals surface area contributed by atoms with E-state index in [1.807, 2.05) is 0 Å². The lowest BCUT2D eigenvalue weighted by atomic mass is 10.3. The Morgan fingerprint density at radius 2 is 2.43 bits per heavy atom. The van der Waals surface area contributed by atoms with Crippen molar-refractivity contribution in [2.75, 3.05) is 6.54 Å². The third-order valence-electron chi connectivity index (χ3n) is 1.64. The lowest BCUT2D eigenvalue weighted by Crippen LogP contribution is -2.23. The molecule has 3 N–H and O–H groups in total. The molecular weight excluding hydrogens is 186 g/mol. The van der Waals surface area contributed by atoms with Gasteiger partial charge in [0, 0.05) is 6.54 Å². The zero-order chi connectivity index (χ0) is 10.6. The average molecular weight is 199 g/mol. The van der Waals surface area contributed by atoms with Gasteiger partial charge in [-0.25, -0.2) is 4.79 Å². The van der Waals surface area contributed by atoms with Gasteiger partial charge in [0.1, 0.15) is 12.0 Å². The highest BCUT2D eigenvalue weighted by Gasteiger charge is 2.07. The van der Waals surface area contributed by atoms with Gasteiger partial charge in [-0.1, -0.05) is 0 Å². The summed E-state index contributed by atoms with van der Waals surface area (Å²) in [5.41, 5.74) is 0.138. The molecular formula is C9H13NO4. The van der Waals surface area contributed by atoms with Gasteiger partial charge in [-0.3, -0.25) is 0 Å². The smallest absolute Gasteiger partial charge is 0.338 e. The van der Waals surface area contributed by atoms with E-state index in [1.165, 1.54) is 12.3 Å². The summed E-state index contributed by atoms with van der Waals surface area (Å²) in [5.74, 6) is -0.460. The number of hydrogen-bond donors (Lipinski definition) is 3. The summed E-state index contributed by atoms with van der Waals surface area (Å²) in [4.78, 5) is 10.5. The third kappa shape index (κ3) is 3.20. The normalized spacial score (nSPS) is 12.7. The quantitative estimate of drug-likeness (QED) is 0.641. The maximum Gasteiger partial charge on any atom is 0.338 e. The molecule has 1 aromatic heterocycles. The van der Waals surface area contributed by atoms with Crippen molar-refractivity contribution >= 4 is 5.97 Å². The molecule has 0 radical (unpaired) electrons. The highest BCUT2D eigenvalue weighted by molar-refractivity contribution is 5.87. The van der Waals surface area contributed by atoms with Crippen molar-refractivity contribution in [3.8, 4) is 0 Å². The molecule has 0 spiro atoms. The fourth-order valence-corrected chi connectivity index (χ4v) is 0.990. The summed E-state index contributed by atoms with van der Waals surface area (Å²) < 4.78 is 4.98. The Labute approximate surface area is 81.4 Å². The number of carboxylic acid groups (broad SMARTS) is 1. The molecule has 1 unspecified atom stereocenters. The first kappa shape index (κ1) is 10.7. The van der Waals surface area contributed by atoms with E-state index in [2.05, 4.69) is 5.32 Å². The van der Waals surface area contributed by atoms with E-state index < -0.39 is 12.1 Å². The molecule has 0 bridgehead atoms. The molecule has 5 nitrogen and oxygen atoms in total. The number of hydrogen-bond acceptors (Lipinski definition) is 4. The van der Waals surface area contributed by atoms with Crippen molar-refractivity contribution in [2.45, 2.75) is 19.6 Å². The summed E-state index contributed by atoms with van der Waals surface area (Å²) in [6, 6.07) is 1.46. The first-order chi connectivity index (χ1) is 6.59. The molecule has 1 heterocycles. The predicted molar refractivity (Wildman–Crippen MR) is 49.1 cm³/mol. The highest BCUT2D eigenvalue weighted by Crippen LogP contribution is 2.07. The van der Waals surface area contributed by atoms with Gasteiger partial charge in [-0.05, 0) is 13.0 Å². The topological polar surface area (TPSA) is 82.7 Å². The van der Waals surface area contributed by atoms with E-state index in [0.29, 0.717) is 18.8 Å². The van der Waals surface area contributed by atoms with Gasteiger partial charge < -0.3 is 19.9 Å². The molecule has 0 amide bonds. The zero-order valence-corrected chi connectivity index (χ0v) is 7.86. The van der Waals surface area contributed by atoms with Gasteiger partial charge >= 0.3 is 5.97 Å². The Kier molecular flexibility index (Phi) is 3.67. The summed E-state index contributed by atoms with van der Waals surface area (Å²) >= 11 is 0. The second kappa shape index (κ2) is 4.78. The third-order valence-corrected chi connectivity index (χ3v) is 1.64. The first-order valence-corrected chi connectivity index (χ1v) is 4.29. The summed E-state index contributed by atoms with van der Waals surface area (Å²) in [6.07, 6.45) is 0.769. The van der Waals surface area contributed by atoms with Crippen molar-refractivity contribution < 1.29 is 19.4 Å². The van der Waals surface area contributed by atoms with Crippen LogP contribution in [0.3, 0.4) is 0 Å². The predicted octanol–water partition coefficient (Wildman–Crippen LogP) is 0.448. The van der Waals surface area contributed by atoms with E-state index in [-0.39, 0.29) is 5.56 Å². The van der Waals surface area contributed by atoms with Crippen LogP contribution in [-0.4, -0.2) is 28.8 Å². The van der Waals surface area contributed by atoms with Crippen LogP contribution in [-0.2, 0) is 6.54 Å². The minimum atomic E-state index is -1.00. The lowest BCUT2D eigenvalue weighted by molar-refractivity contribution is 0.0696. The number of carboxylic acids is 1. The Hall–Kier alpha value is -1.33. The number of aliphatic hydroxyl groups excluding tert-OH is 1. The van der Waals surface area contributed by atoms with Crippen LogP contribution in [0.1, 0.15) is 23.0 Å². The summed E-state index contributed by atoms with van der Waals surface area (Å²) in [6.45, 7) is 2.53. The van der Waals surface area contributed by atoms with Crippen LogP contribution in [0.4, 0.5) is 0 Å². The fraction of sp³-hybridized carbons (Fsp3) is 0.444. The Bertz CT molecular complexity index is 306. The van der Waals surface area contributed by atoms with Crippen molar-refractivity contribution in [1.82, 2.24) is 5.32 Å². The standard InChI is InChI=1S/C9H13NO4/c1-6(11)3-10-4-8-2-7(5-14-8)9(12)13/h2,5-6,10-11H,3-4H2,1H3,(H,12,13). The SMILES string of the molecule is CC(O)CNCc1cc(C(=O)O)co1. The number of carbonyl (C=O) groups is 1. The van der Waals surface area contributed by atoms with Gasteiger partial charge in [0.05, 0.1) is 18.2 Å². The molecule has 14 heavy (non-hydrogen) atoms. The first-order valence-electron chi connectivity index (χ1n) is 4.29. The van der Waals surface area contributed by atoms with Crippen LogP contribution in [0.15, 0.2) is 16.7 Å². The largest absolute Gasteiger partial charge is 0.478 e. The minimum absolute atomic E-state index is 0.138. The fourth-order valence-electron chi connectivity index (χ4n) is 0.990. The molecule has 0 fully saturated rings. The maximum absolute atomic E-state index is 10.5. The molecule has 0 saturated heterocycles. The van der Waals surface area contributed by atoms with Crippen molar-refractivity contribution in [3.05, 3.63) is 23.7 Å². The van der Waals surface area contributed by atoms with Crippen molar-refractivity contribution in [3.63, 3.8) is 0 Å². The van der Waals surface area contributed by atoms with Crippen LogP contribution < -0.4 is 5.32 Å². The van der Waals surface area contributed by atoms with Crippen LogP contribution in [0.5, 0.6) is 0 Å². The van der Waals surface area contributed by atoms with Crippen LogP contribution >= 0.6 is 0 Å². The molecule has 1 atom stereocenters. The molecule has 0 aliphatic carbocycles. The Balaban J connectivity index is 2.40. The van der Waals surface area contributed by atoms with Crippen LogP contribution in [0.25, 0.3) is 0 Å². The van der Waals surface area contributed by atoms with Crippen LogP contribution in [0, 0.1) is 0 Å². The Morgan fingerprint density at radius 1 is 1.71 bits per heavy atom. The van der Waals surface area contributed by atoms with E-state index in [9.17, 15) is 4.79 Å². The number of aliphatic hydroxyl groups is 1. The molecule has 5 heteroatoms. The average Bonchev–Trinajstić information content (AvgIpc) is 2.52. The number of nitrogens with one attached hydrogen (secondary N) is 1. The van der Waals surface area contributed by atoms with Crippen LogP contribution in [0.2, 0.25) is 0 Å². The van der Waals surface area contributed by atoms with E-state index in [1.54, 1.807) is 6.92 Å². The number of aromatic carboxylic acids is 1. The molecule has 0 aromatic carbocycles. The number of furan rings is 1. The molecule has 78 valence electrons. The van der Waals surface area contributed by atoms with Gasteiger partial charge in [-0.2, -0.15) is 0 Å². The highest BCUT2D eigenvalue weighted by atomic mass is 16.4. The number of rotatable bonds is 5. The second-order valence-corrected chi connectivity index (χ2v) is 3.09. The van der Waals surface area contributed by atoms with Crippen molar-refractivity contribution in [1.29, 1.82) is 0 Å². The Morgan fingerprint density at radius 3 is 2.93 bits per heavy atom. The van der Waals surface area contributed by atoms with Gasteiger partial charge in [0.25, 0.3) is 0 Å². The van der Waals surface area contributed by atoms with E-state index >= 15 is 0 Å². The molecule has 1 aromatic rings. The van der Waals surface area contributed by atoms with Crippen molar-refractivity contribution in [2.24, 2.45) is 0 Å². The molecule has 1 rings (SSSR count).